The molecule has 0 radical (unpaired) electrons. The highest BCUT2D eigenvalue weighted by Gasteiger charge is 2.16. The zero-order valence-corrected chi connectivity index (χ0v) is 13.2. The van der Waals surface area contributed by atoms with Gasteiger partial charge in [0.25, 0.3) is 0 Å². The van der Waals surface area contributed by atoms with E-state index in [2.05, 4.69) is 20.1 Å². The van der Waals surface area contributed by atoms with Gasteiger partial charge in [-0.2, -0.15) is 5.10 Å². The second kappa shape index (κ2) is 6.45. The van der Waals surface area contributed by atoms with Crippen molar-refractivity contribution >= 4 is 11.9 Å². The number of aromatic nitrogens is 5. The Morgan fingerprint density at radius 2 is 2.00 bits per heavy atom. The zero-order valence-electron chi connectivity index (χ0n) is 13.2. The van der Waals surface area contributed by atoms with Crippen molar-refractivity contribution in [3.05, 3.63) is 60.4 Å². The van der Waals surface area contributed by atoms with E-state index in [-0.39, 0.29) is 11.7 Å². The molecule has 0 spiro atoms. The van der Waals surface area contributed by atoms with Crippen molar-refractivity contribution in [2.75, 3.05) is 11.9 Å². The van der Waals surface area contributed by atoms with E-state index in [0.29, 0.717) is 5.95 Å². The molecule has 2 aromatic heterocycles. The molecule has 1 aromatic carbocycles. The second-order valence-electron chi connectivity index (χ2n) is 5.27. The van der Waals surface area contributed by atoms with Crippen LogP contribution in [0, 0.1) is 0 Å². The Balaban J connectivity index is 1.81. The molecule has 122 valence electrons. The maximum absolute atomic E-state index is 11.0. The van der Waals surface area contributed by atoms with Gasteiger partial charge >= 0.3 is 5.97 Å². The molecule has 8 nitrogen and oxygen atoms in total. The van der Waals surface area contributed by atoms with Gasteiger partial charge in [-0.05, 0) is 30.7 Å². The first kappa shape index (κ1) is 15.6. The van der Waals surface area contributed by atoms with Crippen LogP contribution in [-0.4, -0.2) is 42.9 Å². The molecule has 0 saturated carbocycles. The standard InChI is InChI=1S/C16H16N6O2/c1-11(21(2)16-18-8-7-14(20-16)15(23)24)12-3-5-13(6-4-12)22-10-17-9-19-22/h3-11H,1-2H3,(H,23,24). The second-order valence-corrected chi connectivity index (χ2v) is 5.27. The third kappa shape index (κ3) is 3.07. The first-order chi connectivity index (χ1) is 11.6. The summed E-state index contributed by atoms with van der Waals surface area (Å²) < 4.78 is 1.68. The lowest BCUT2D eigenvalue weighted by Crippen LogP contribution is -2.24. The van der Waals surface area contributed by atoms with Crippen molar-refractivity contribution in [2.45, 2.75) is 13.0 Å². The molecule has 0 aliphatic rings. The molecule has 0 fully saturated rings. The van der Waals surface area contributed by atoms with E-state index >= 15 is 0 Å². The van der Waals surface area contributed by atoms with Gasteiger partial charge in [-0.25, -0.2) is 24.4 Å². The lowest BCUT2D eigenvalue weighted by molar-refractivity contribution is 0.0690. The summed E-state index contributed by atoms with van der Waals surface area (Å²) in [7, 11) is 1.83. The average molecular weight is 324 g/mol. The monoisotopic (exact) mass is 324 g/mol. The van der Waals surface area contributed by atoms with Crippen molar-refractivity contribution < 1.29 is 9.90 Å². The zero-order chi connectivity index (χ0) is 17.1. The molecule has 0 saturated heterocycles. The Labute approximate surface area is 138 Å². The van der Waals surface area contributed by atoms with Crippen LogP contribution in [0.1, 0.15) is 29.0 Å². The Bertz CT molecular complexity index is 832. The van der Waals surface area contributed by atoms with Gasteiger partial charge in [0, 0.05) is 13.2 Å². The predicted octanol–water partition coefficient (Wildman–Crippen LogP) is 1.95. The number of benzene rings is 1. The highest BCUT2D eigenvalue weighted by molar-refractivity contribution is 5.85. The smallest absolute Gasteiger partial charge is 0.354 e. The van der Waals surface area contributed by atoms with Crippen LogP contribution in [0.4, 0.5) is 5.95 Å². The summed E-state index contributed by atoms with van der Waals surface area (Å²) in [5, 5.41) is 13.1. The fraction of sp³-hybridized carbons (Fsp3) is 0.188. The quantitative estimate of drug-likeness (QED) is 0.766. The third-order valence-corrected chi connectivity index (χ3v) is 3.82. The van der Waals surface area contributed by atoms with Crippen LogP contribution in [0.25, 0.3) is 5.69 Å². The summed E-state index contributed by atoms with van der Waals surface area (Å²) in [6, 6.07) is 9.21. The Morgan fingerprint density at radius 3 is 2.62 bits per heavy atom. The van der Waals surface area contributed by atoms with E-state index in [1.54, 1.807) is 11.0 Å². The van der Waals surface area contributed by atoms with Gasteiger partial charge in [0.15, 0.2) is 5.69 Å². The van der Waals surface area contributed by atoms with E-state index in [4.69, 9.17) is 5.11 Å². The fourth-order valence-corrected chi connectivity index (χ4v) is 2.28. The fourth-order valence-electron chi connectivity index (χ4n) is 2.28. The normalized spacial score (nSPS) is 11.9. The lowest BCUT2D eigenvalue weighted by Gasteiger charge is -2.25. The maximum Gasteiger partial charge on any atom is 0.354 e. The largest absolute Gasteiger partial charge is 0.477 e. The van der Waals surface area contributed by atoms with Gasteiger partial charge < -0.3 is 10.0 Å². The van der Waals surface area contributed by atoms with Crippen molar-refractivity contribution in [2.24, 2.45) is 0 Å². The number of hydrogen-bond donors (Lipinski definition) is 1. The van der Waals surface area contributed by atoms with E-state index in [1.807, 2.05) is 43.1 Å². The Morgan fingerprint density at radius 1 is 1.25 bits per heavy atom. The topological polar surface area (TPSA) is 97.0 Å². The van der Waals surface area contributed by atoms with Gasteiger partial charge in [-0.3, -0.25) is 0 Å². The molecule has 3 aromatic rings. The summed E-state index contributed by atoms with van der Waals surface area (Å²) in [6.07, 6.45) is 4.57. The van der Waals surface area contributed by atoms with Crippen molar-refractivity contribution in [1.82, 2.24) is 24.7 Å². The molecule has 1 atom stereocenters. The maximum atomic E-state index is 11.0. The van der Waals surface area contributed by atoms with E-state index in [0.717, 1.165) is 11.3 Å². The summed E-state index contributed by atoms with van der Waals surface area (Å²) >= 11 is 0. The SMILES string of the molecule is CC(c1ccc(-n2cncn2)cc1)N(C)c1nccc(C(=O)O)n1. The number of hydrogen-bond acceptors (Lipinski definition) is 6. The number of carboxylic acid groups (broad SMARTS) is 1. The predicted molar refractivity (Wildman–Crippen MR) is 87.2 cm³/mol. The summed E-state index contributed by atoms with van der Waals surface area (Å²) in [4.78, 5) is 25.0. The number of carboxylic acids is 1. The van der Waals surface area contributed by atoms with E-state index < -0.39 is 5.97 Å². The summed E-state index contributed by atoms with van der Waals surface area (Å²) in [6.45, 7) is 2.00. The van der Waals surface area contributed by atoms with Crippen LogP contribution < -0.4 is 4.90 Å². The first-order valence-electron chi connectivity index (χ1n) is 7.30. The van der Waals surface area contributed by atoms with E-state index in [9.17, 15) is 4.79 Å². The molecule has 0 aliphatic heterocycles. The molecule has 8 heteroatoms. The van der Waals surface area contributed by atoms with Gasteiger partial charge in [-0.1, -0.05) is 12.1 Å². The Kier molecular flexibility index (Phi) is 4.19. The summed E-state index contributed by atoms with van der Waals surface area (Å²) in [5.74, 6) is -0.709. The molecular weight excluding hydrogens is 308 g/mol. The Hall–Kier alpha value is -3.29. The lowest BCUT2D eigenvalue weighted by atomic mass is 10.1. The molecule has 0 amide bonds. The molecule has 0 aliphatic carbocycles. The van der Waals surface area contributed by atoms with Crippen LogP contribution in [0.2, 0.25) is 0 Å². The van der Waals surface area contributed by atoms with Crippen LogP contribution in [0.15, 0.2) is 49.2 Å². The molecular formula is C16H16N6O2. The minimum absolute atomic E-state index is 0.0272. The van der Waals surface area contributed by atoms with Crippen molar-refractivity contribution in [1.29, 1.82) is 0 Å². The molecule has 2 heterocycles. The first-order valence-corrected chi connectivity index (χ1v) is 7.30. The van der Waals surface area contributed by atoms with E-state index in [1.165, 1.54) is 18.6 Å². The number of nitrogens with zero attached hydrogens (tertiary/aromatic N) is 6. The third-order valence-electron chi connectivity index (χ3n) is 3.82. The highest BCUT2D eigenvalue weighted by atomic mass is 16.4. The van der Waals surface area contributed by atoms with Crippen LogP contribution in [-0.2, 0) is 0 Å². The van der Waals surface area contributed by atoms with Crippen LogP contribution in [0.3, 0.4) is 0 Å². The van der Waals surface area contributed by atoms with Crippen LogP contribution in [0.5, 0.6) is 0 Å². The minimum Gasteiger partial charge on any atom is -0.477 e. The highest BCUT2D eigenvalue weighted by Crippen LogP contribution is 2.23. The number of aromatic carboxylic acids is 1. The van der Waals surface area contributed by atoms with Crippen molar-refractivity contribution in [3.8, 4) is 5.69 Å². The number of carbonyl (C=O) groups is 1. The van der Waals surface area contributed by atoms with Crippen LogP contribution >= 0.6 is 0 Å². The molecule has 1 unspecified atom stereocenters. The van der Waals surface area contributed by atoms with Gasteiger partial charge in [-0.15, -0.1) is 0 Å². The van der Waals surface area contributed by atoms with Gasteiger partial charge in [0.1, 0.15) is 12.7 Å². The van der Waals surface area contributed by atoms with Crippen molar-refractivity contribution in [3.63, 3.8) is 0 Å². The number of anilines is 1. The molecule has 3 rings (SSSR count). The number of rotatable bonds is 5. The average Bonchev–Trinajstić information content (AvgIpc) is 3.15. The molecule has 1 N–H and O–H groups in total. The van der Waals surface area contributed by atoms with Gasteiger partial charge in [0.2, 0.25) is 5.95 Å². The summed E-state index contributed by atoms with van der Waals surface area (Å²) in [5.41, 5.74) is 1.93. The molecule has 24 heavy (non-hydrogen) atoms. The van der Waals surface area contributed by atoms with Gasteiger partial charge in [0.05, 0.1) is 11.7 Å². The molecule has 0 bridgehead atoms. The minimum atomic E-state index is -1.07.